The van der Waals surface area contributed by atoms with Crippen molar-refractivity contribution in [3.63, 3.8) is 0 Å². The zero-order valence-electron chi connectivity index (χ0n) is 7.99. The normalized spacial score (nSPS) is 11.5. The monoisotopic (exact) mass is 224 g/mol. The lowest BCUT2D eigenvalue weighted by molar-refractivity contribution is 0.0697. The molecule has 1 heterocycles. The van der Waals surface area contributed by atoms with Gasteiger partial charge in [0, 0.05) is 6.20 Å². The molecule has 1 rings (SSSR count). The Kier molecular flexibility index (Phi) is 3.53. The van der Waals surface area contributed by atoms with Crippen LogP contribution in [-0.4, -0.2) is 22.1 Å². The molecule has 2 N–H and O–H groups in total. The van der Waals surface area contributed by atoms with E-state index in [2.05, 4.69) is 16.2 Å². The Labute approximate surface area is 92.3 Å². The summed E-state index contributed by atoms with van der Waals surface area (Å²) in [5.74, 6) is 1.54. The SMILES string of the molecule is C#CC(C)Nc1ncc(Cl)cc1C(=O)O. The summed E-state index contributed by atoms with van der Waals surface area (Å²) in [6, 6.07) is 1.03. The second-order valence-corrected chi connectivity index (χ2v) is 3.32. The van der Waals surface area contributed by atoms with Crippen LogP contribution in [0.1, 0.15) is 17.3 Å². The molecule has 0 bridgehead atoms. The maximum atomic E-state index is 10.9. The first-order chi connectivity index (χ1) is 7.04. The van der Waals surface area contributed by atoms with Crippen molar-refractivity contribution in [1.29, 1.82) is 0 Å². The predicted octanol–water partition coefficient (Wildman–Crippen LogP) is 1.87. The maximum Gasteiger partial charge on any atom is 0.339 e. The quantitative estimate of drug-likeness (QED) is 0.770. The third-order valence-electron chi connectivity index (χ3n) is 1.69. The Morgan fingerprint density at radius 3 is 3.00 bits per heavy atom. The fourth-order valence-corrected chi connectivity index (χ4v) is 1.12. The highest BCUT2D eigenvalue weighted by Gasteiger charge is 2.13. The van der Waals surface area contributed by atoms with Crippen LogP contribution in [0.3, 0.4) is 0 Å². The van der Waals surface area contributed by atoms with Gasteiger partial charge in [-0.05, 0) is 13.0 Å². The number of pyridine rings is 1. The molecule has 0 saturated carbocycles. The number of terminal acetylenes is 1. The number of rotatable bonds is 3. The number of halogens is 1. The van der Waals surface area contributed by atoms with Crippen LogP contribution in [0.25, 0.3) is 0 Å². The number of hydrogen-bond donors (Lipinski definition) is 2. The summed E-state index contributed by atoms with van der Waals surface area (Å²) in [6.07, 6.45) is 6.52. The van der Waals surface area contributed by atoms with Crippen LogP contribution >= 0.6 is 11.6 Å². The summed E-state index contributed by atoms with van der Waals surface area (Å²) in [4.78, 5) is 14.7. The highest BCUT2D eigenvalue weighted by atomic mass is 35.5. The van der Waals surface area contributed by atoms with Crippen molar-refractivity contribution in [2.75, 3.05) is 5.32 Å². The lowest BCUT2D eigenvalue weighted by Gasteiger charge is -2.10. The minimum Gasteiger partial charge on any atom is -0.478 e. The van der Waals surface area contributed by atoms with Crippen molar-refractivity contribution in [3.8, 4) is 12.3 Å². The Bertz CT molecular complexity index is 426. The van der Waals surface area contributed by atoms with E-state index in [9.17, 15) is 4.79 Å². The Morgan fingerprint density at radius 2 is 2.47 bits per heavy atom. The lowest BCUT2D eigenvalue weighted by Crippen LogP contribution is -2.16. The summed E-state index contributed by atoms with van der Waals surface area (Å²) in [5.41, 5.74) is 0.00426. The highest BCUT2D eigenvalue weighted by Crippen LogP contribution is 2.18. The summed E-state index contributed by atoms with van der Waals surface area (Å²) in [7, 11) is 0. The molecule has 0 spiro atoms. The molecule has 0 fully saturated rings. The predicted molar refractivity (Wildman–Crippen MR) is 58.1 cm³/mol. The zero-order chi connectivity index (χ0) is 11.4. The van der Waals surface area contributed by atoms with E-state index in [0.717, 1.165) is 0 Å². The molecule has 4 nitrogen and oxygen atoms in total. The van der Waals surface area contributed by atoms with Crippen molar-refractivity contribution >= 4 is 23.4 Å². The maximum absolute atomic E-state index is 10.9. The van der Waals surface area contributed by atoms with Gasteiger partial charge in [-0.15, -0.1) is 6.42 Å². The van der Waals surface area contributed by atoms with E-state index in [1.165, 1.54) is 12.3 Å². The number of nitrogens with zero attached hydrogens (tertiary/aromatic N) is 1. The largest absolute Gasteiger partial charge is 0.478 e. The van der Waals surface area contributed by atoms with E-state index in [1.54, 1.807) is 6.92 Å². The minimum atomic E-state index is -1.10. The molecule has 0 aliphatic carbocycles. The van der Waals surface area contributed by atoms with Gasteiger partial charge in [0.25, 0.3) is 0 Å². The van der Waals surface area contributed by atoms with Crippen LogP contribution in [-0.2, 0) is 0 Å². The smallest absolute Gasteiger partial charge is 0.339 e. The van der Waals surface area contributed by atoms with Crippen molar-refractivity contribution in [2.24, 2.45) is 0 Å². The molecule has 0 aromatic carbocycles. The number of carbonyl (C=O) groups is 1. The van der Waals surface area contributed by atoms with Crippen LogP contribution in [0.2, 0.25) is 5.02 Å². The molecule has 1 atom stereocenters. The molecule has 0 aliphatic rings. The second-order valence-electron chi connectivity index (χ2n) is 2.89. The van der Waals surface area contributed by atoms with Gasteiger partial charge in [-0.1, -0.05) is 17.5 Å². The van der Waals surface area contributed by atoms with Gasteiger partial charge in [0.15, 0.2) is 0 Å². The zero-order valence-corrected chi connectivity index (χ0v) is 8.75. The van der Waals surface area contributed by atoms with Crippen LogP contribution < -0.4 is 5.32 Å². The average Bonchev–Trinajstić information content (AvgIpc) is 2.20. The van der Waals surface area contributed by atoms with Gasteiger partial charge in [-0.25, -0.2) is 9.78 Å². The van der Waals surface area contributed by atoms with Crippen molar-refractivity contribution in [2.45, 2.75) is 13.0 Å². The summed E-state index contributed by atoms with van der Waals surface area (Å²) < 4.78 is 0. The molecule has 0 radical (unpaired) electrons. The lowest BCUT2D eigenvalue weighted by atomic mass is 10.2. The Balaban J connectivity index is 3.07. The van der Waals surface area contributed by atoms with Crippen molar-refractivity contribution < 1.29 is 9.90 Å². The fraction of sp³-hybridized carbons (Fsp3) is 0.200. The van der Waals surface area contributed by atoms with E-state index in [4.69, 9.17) is 23.1 Å². The van der Waals surface area contributed by atoms with E-state index >= 15 is 0 Å². The molecule has 15 heavy (non-hydrogen) atoms. The molecule has 0 saturated heterocycles. The molecule has 5 heteroatoms. The highest BCUT2D eigenvalue weighted by molar-refractivity contribution is 6.30. The molecule has 1 aromatic rings. The number of aromatic carboxylic acids is 1. The van der Waals surface area contributed by atoms with Gasteiger partial charge >= 0.3 is 5.97 Å². The van der Waals surface area contributed by atoms with E-state index < -0.39 is 5.97 Å². The average molecular weight is 225 g/mol. The Hall–Kier alpha value is -1.73. The van der Waals surface area contributed by atoms with Gasteiger partial charge in [-0.2, -0.15) is 0 Å². The number of hydrogen-bond acceptors (Lipinski definition) is 3. The second kappa shape index (κ2) is 4.67. The van der Waals surface area contributed by atoms with Crippen LogP contribution in [0.4, 0.5) is 5.82 Å². The van der Waals surface area contributed by atoms with Gasteiger partial charge < -0.3 is 10.4 Å². The first kappa shape index (κ1) is 11.3. The Morgan fingerprint density at radius 1 is 1.80 bits per heavy atom. The number of nitrogens with one attached hydrogen (secondary N) is 1. The van der Waals surface area contributed by atoms with E-state index in [-0.39, 0.29) is 22.4 Å². The standard InChI is InChI=1S/C10H9ClN2O2/c1-3-6(2)13-9-8(10(14)15)4-7(11)5-12-9/h1,4-6H,2H3,(H,12,13)(H,14,15). The van der Waals surface area contributed by atoms with Crippen LogP contribution in [0, 0.1) is 12.3 Å². The van der Waals surface area contributed by atoms with Crippen LogP contribution in [0.15, 0.2) is 12.3 Å². The molecule has 1 unspecified atom stereocenters. The topological polar surface area (TPSA) is 62.2 Å². The minimum absolute atomic E-state index is 0.00426. The van der Waals surface area contributed by atoms with Crippen molar-refractivity contribution in [3.05, 3.63) is 22.8 Å². The molecular weight excluding hydrogens is 216 g/mol. The molecule has 78 valence electrons. The van der Waals surface area contributed by atoms with Gasteiger partial charge in [0.05, 0.1) is 11.1 Å². The van der Waals surface area contributed by atoms with Gasteiger partial charge in [-0.3, -0.25) is 0 Å². The summed E-state index contributed by atoms with van der Waals surface area (Å²) >= 11 is 5.64. The van der Waals surface area contributed by atoms with Gasteiger partial charge in [0.2, 0.25) is 0 Å². The number of anilines is 1. The molecule has 0 aliphatic heterocycles. The molecular formula is C10H9ClN2O2. The summed E-state index contributed by atoms with van der Waals surface area (Å²) in [6.45, 7) is 1.72. The first-order valence-electron chi connectivity index (χ1n) is 4.16. The first-order valence-corrected chi connectivity index (χ1v) is 4.54. The van der Waals surface area contributed by atoms with Crippen molar-refractivity contribution in [1.82, 2.24) is 4.98 Å². The molecule has 1 aromatic heterocycles. The third-order valence-corrected chi connectivity index (χ3v) is 1.89. The third kappa shape index (κ3) is 2.86. The number of aromatic nitrogens is 1. The molecule has 0 amide bonds. The fourth-order valence-electron chi connectivity index (χ4n) is 0.964. The van der Waals surface area contributed by atoms with Crippen LogP contribution in [0.5, 0.6) is 0 Å². The number of carboxylic acids is 1. The van der Waals surface area contributed by atoms with E-state index in [0.29, 0.717) is 0 Å². The number of carboxylic acid groups (broad SMARTS) is 1. The van der Waals surface area contributed by atoms with E-state index in [1.807, 2.05) is 0 Å². The van der Waals surface area contributed by atoms with Gasteiger partial charge in [0.1, 0.15) is 11.4 Å². The summed E-state index contributed by atoms with van der Waals surface area (Å²) in [5, 5.41) is 11.9.